The molecule has 2 unspecified atom stereocenters. The zero-order chi connectivity index (χ0) is 24.5. The molecule has 0 radical (unpaired) electrons. The minimum Gasteiger partial charge on any atom is -0.380 e. The Labute approximate surface area is 206 Å². The highest BCUT2D eigenvalue weighted by atomic mass is 16.5. The van der Waals surface area contributed by atoms with Gasteiger partial charge < -0.3 is 15.0 Å². The number of H-pyrrole nitrogens is 2. The highest BCUT2D eigenvalue weighted by molar-refractivity contribution is 6.00. The lowest BCUT2D eigenvalue weighted by molar-refractivity contribution is 0.0347. The Balaban J connectivity index is 1.22. The van der Waals surface area contributed by atoms with E-state index in [0.717, 1.165) is 39.5 Å². The van der Waals surface area contributed by atoms with Crippen LogP contribution in [0, 0.1) is 23.2 Å². The molecule has 0 saturated carbocycles. The van der Waals surface area contributed by atoms with Crippen molar-refractivity contribution in [3.63, 3.8) is 0 Å². The van der Waals surface area contributed by atoms with E-state index in [0.29, 0.717) is 37.0 Å². The van der Waals surface area contributed by atoms with Crippen LogP contribution in [0.3, 0.4) is 0 Å². The summed E-state index contributed by atoms with van der Waals surface area (Å²) in [5.41, 5.74) is 4.10. The minimum atomic E-state index is -0.238. The fourth-order valence-corrected chi connectivity index (χ4v) is 4.67. The van der Waals surface area contributed by atoms with Crippen molar-refractivity contribution < 1.29 is 9.53 Å². The summed E-state index contributed by atoms with van der Waals surface area (Å²) in [6.45, 7) is 0.994. The van der Waals surface area contributed by atoms with Crippen molar-refractivity contribution in [3.8, 4) is 17.5 Å². The number of rotatable bonds is 6. The van der Waals surface area contributed by atoms with Crippen LogP contribution in [-0.4, -0.2) is 44.1 Å². The van der Waals surface area contributed by atoms with Crippen LogP contribution in [0.25, 0.3) is 33.2 Å². The average molecular weight is 478 g/mol. The molecule has 3 aromatic heterocycles. The summed E-state index contributed by atoms with van der Waals surface area (Å²) in [5.74, 6) is 1.05. The third kappa shape index (κ3) is 4.30. The molecule has 2 atom stereocenters. The van der Waals surface area contributed by atoms with Crippen molar-refractivity contribution in [1.29, 1.82) is 5.26 Å². The predicted molar refractivity (Wildman–Crippen MR) is 136 cm³/mol. The fourth-order valence-electron chi connectivity index (χ4n) is 4.67. The third-order valence-electron chi connectivity index (χ3n) is 6.66. The number of aromatic amines is 2. The van der Waals surface area contributed by atoms with Gasteiger partial charge >= 0.3 is 0 Å². The summed E-state index contributed by atoms with van der Waals surface area (Å²) < 4.78 is 5.39. The molecule has 5 aromatic rings. The first-order chi connectivity index (χ1) is 17.7. The number of carbonyl (C=O) groups is 1. The van der Waals surface area contributed by atoms with Crippen LogP contribution in [-0.2, 0) is 4.74 Å². The first-order valence-corrected chi connectivity index (χ1v) is 11.8. The van der Waals surface area contributed by atoms with E-state index in [9.17, 15) is 10.1 Å². The van der Waals surface area contributed by atoms with E-state index in [-0.39, 0.29) is 17.6 Å². The van der Waals surface area contributed by atoms with E-state index >= 15 is 0 Å². The fraction of sp³-hybridized carbons (Fsp3) is 0.222. The number of aromatic nitrogens is 5. The molecule has 0 spiro atoms. The molecule has 9 nitrogen and oxygen atoms in total. The van der Waals surface area contributed by atoms with Gasteiger partial charge in [-0.1, -0.05) is 12.1 Å². The molecule has 0 amide bonds. The molecule has 178 valence electrons. The topological polar surface area (TPSA) is 132 Å². The normalized spacial score (nSPS) is 17.8. The van der Waals surface area contributed by atoms with Gasteiger partial charge in [0, 0.05) is 46.8 Å². The quantitative estimate of drug-likeness (QED) is 0.293. The Morgan fingerprint density at radius 3 is 3.00 bits per heavy atom. The van der Waals surface area contributed by atoms with Gasteiger partial charge in [-0.2, -0.15) is 10.4 Å². The molecule has 1 aliphatic heterocycles. The van der Waals surface area contributed by atoms with Crippen LogP contribution in [0.2, 0.25) is 0 Å². The molecular weight excluding hydrogens is 454 g/mol. The predicted octanol–water partition coefficient (Wildman–Crippen LogP) is 4.99. The maximum Gasteiger partial charge on any atom is 0.179 e. The molecule has 0 aliphatic carbocycles. The van der Waals surface area contributed by atoms with E-state index in [4.69, 9.17) is 4.74 Å². The van der Waals surface area contributed by atoms with Gasteiger partial charge in [0.2, 0.25) is 0 Å². The standard InChI is InChI=1S/C27H23N7O2/c28-13-20-15-36-8-6-16(20)12-25(35)24-10-17-1-2-18(11-23(17)32-24)27-29-7-5-26(33-27)31-21-3-4-22-19(9-21)14-30-34-22/h1-5,7,9-11,14,16,20,32H,6,8,12,15H2,(H,30,34)(H,29,31,33). The van der Waals surface area contributed by atoms with E-state index in [1.54, 1.807) is 12.4 Å². The third-order valence-corrected chi connectivity index (χ3v) is 6.66. The minimum absolute atomic E-state index is 0.0111. The summed E-state index contributed by atoms with van der Waals surface area (Å²) in [7, 11) is 0. The first-order valence-electron chi connectivity index (χ1n) is 11.8. The van der Waals surface area contributed by atoms with E-state index < -0.39 is 0 Å². The molecule has 1 aliphatic rings. The summed E-state index contributed by atoms with van der Waals surface area (Å²) in [6, 6.07) is 17.8. The smallest absolute Gasteiger partial charge is 0.179 e. The number of nitrogens with zero attached hydrogens (tertiary/aromatic N) is 4. The van der Waals surface area contributed by atoms with Gasteiger partial charge in [-0.3, -0.25) is 9.89 Å². The average Bonchev–Trinajstić information content (AvgIpc) is 3.55. The number of ether oxygens (including phenoxy) is 1. The SMILES string of the molecule is N#CC1COCCC1CC(=O)c1cc2ccc(-c3nccc(Nc4ccc5[nH]ncc5c4)n3)cc2[nH]1. The number of benzene rings is 2. The van der Waals surface area contributed by atoms with Crippen LogP contribution in [0.1, 0.15) is 23.3 Å². The molecule has 4 heterocycles. The summed E-state index contributed by atoms with van der Waals surface area (Å²) in [5, 5.41) is 21.6. The number of anilines is 2. The lowest BCUT2D eigenvalue weighted by Gasteiger charge is -2.26. The van der Waals surface area contributed by atoms with Crippen LogP contribution in [0.15, 0.2) is 60.9 Å². The number of nitriles is 1. The highest BCUT2D eigenvalue weighted by Crippen LogP contribution is 2.28. The van der Waals surface area contributed by atoms with Crippen molar-refractivity contribution in [3.05, 3.63) is 66.6 Å². The maximum absolute atomic E-state index is 13.0. The van der Waals surface area contributed by atoms with E-state index in [1.807, 2.05) is 48.5 Å². The highest BCUT2D eigenvalue weighted by Gasteiger charge is 2.28. The van der Waals surface area contributed by atoms with Crippen LogP contribution in [0.4, 0.5) is 11.5 Å². The Kier molecular flexibility index (Phi) is 5.64. The van der Waals surface area contributed by atoms with Gasteiger partial charge in [0.05, 0.1) is 36.0 Å². The van der Waals surface area contributed by atoms with E-state index in [1.165, 1.54) is 0 Å². The lowest BCUT2D eigenvalue weighted by atomic mass is 9.85. The van der Waals surface area contributed by atoms with Crippen molar-refractivity contribution in [2.75, 3.05) is 18.5 Å². The molecule has 36 heavy (non-hydrogen) atoms. The number of fused-ring (bicyclic) bond motifs is 2. The van der Waals surface area contributed by atoms with Gasteiger partial charge in [0.25, 0.3) is 0 Å². The van der Waals surface area contributed by atoms with Gasteiger partial charge in [-0.15, -0.1) is 0 Å². The molecule has 3 N–H and O–H groups in total. The van der Waals surface area contributed by atoms with Gasteiger partial charge in [0.15, 0.2) is 11.6 Å². The zero-order valence-electron chi connectivity index (χ0n) is 19.4. The van der Waals surface area contributed by atoms with Gasteiger partial charge in [-0.05, 0) is 48.7 Å². The monoisotopic (exact) mass is 477 g/mol. The second-order valence-electron chi connectivity index (χ2n) is 9.03. The second-order valence-corrected chi connectivity index (χ2v) is 9.03. The summed E-state index contributed by atoms with van der Waals surface area (Å²) >= 11 is 0. The van der Waals surface area contributed by atoms with Gasteiger partial charge in [0.1, 0.15) is 5.82 Å². The molecule has 6 rings (SSSR count). The van der Waals surface area contributed by atoms with Crippen molar-refractivity contribution in [2.45, 2.75) is 12.8 Å². The molecule has 1 fully saturated rings. The van der Waals surface area contributed by atoms with E-state index in [2.05, 4.69) is 36.5 Å². The Morgan fingerprint density at radius 1 is 1.14 bits per heavy atom. The molecule has 2 aromatic carbocycles. The number of hydrogen-bond donors (Lipinski definition) is 3. The zero-order valence-corrected chi connectivity index (χ0v) is 19.4. The van der Waals surface area contributed by atoms with Crippen LogP contribution in [0.5, 0.6) is 0 Å². The number of hydrogen-bond acceptors (Lipinski definition) is 7. The van der Waals surface area contributed by atoms with Crippen molar-refractivity contribution in [1.82, 2.24) is 25.1 Å². The van der Waals surface area contributed by atoms with Gasteiger partial charge in [-0.25, -0.2) is 9.97 Å². The number of carbonyl (C=O) groups excluding carboxylic acids is 1. The summed E-state index contributed by atoms with van der Waals surface area (Å²) in [6.07, 6.45) is 4.56. The lowest BCUT2D eigenvalue weighted by Crippen LogP contribution is -2.28. The van der Waals surface area contributed by atoms with Crippen molar-refractivity contribution in [2.24, 2.45) is 11.8 Å². The first kappa shape index (κ1) is 21.9. The largest absolute Gasteiger partial charge is 0.380 e. The molecular formula is C27H23N7O2. The Morgan fingerprint density at radius 2 is 2.08 bits per heavy atom. The second kappa shape index (κ2) is 9.24. The van der Waals surface area contributed by atoms with Crippen LogP contribution < -0.4 is 5.32 Å². The summed E-state index contributed by atoms with van der Waals surface area (Å²) in [4.78, 5) is 25.3. The molecule has 1 saturated heterocycles. The number of Topliss-reactive ketones (excluding diaryl/α,β-unsaturated/α-hetero) is 1. The Hall–Kier alpha value is -4.55. The maximum atomic E-state index is 13.0. The molecule has 0 bridgehead atoms. The Bertz CT molecular complexity index is 1610. The van der Waals surface area contributed by atoms with Crippen molar-refractivity contribution >= 4 is 39.1 Å². The number of nitrogens with one attached hydrogen (secondary N) is 3. The molecule has 9 heteroatoms. The van der Waals surface area contributed by atoms with Crippen LogP contribution >= 0.6 is 0 Å². The number of ketones is 1.